The van der Waals surface area contributed by atoms with Crippen molar-refractivity contribution in [3.05, 3.63) is 71.5 Å². The first-order valence-electron chi connectivity index (χ1n) is 11.9. The van der Waals surface area contributed by atoms with Crippen LogP contribution in [-0.4, -0.2) is 52.4 Å². The molecule has 0 saturated carbocycles. The van der Waals surface area contributed by atoms with Crippen LogP contribution in [0.3, 0.4) is 0 Å². The van der Waals surface area contributed by atoms with Gasteiger partial charge in [0.25, 0.3) is 0 Å². The van der Waals surface area contributed by atoms with Gasteiger partial charge in [-0.05, 0) is 74.8 Å². The lowest BCUT2D eigenvalue weighted by molar-refractivity contribution is 0.0696. The average molecular weight is 451 g/mol. The molecule has 0 atom stereocenters. The Labute approximate surface area is 195 Å². The maximum Gasteiger partial charge on any atom is 0.335 e. The fourth-order valence-corrected chi connectivity index (χ4v) is 3.86. The van der Waals surface area contributed by atoms with E-state index in [1.807, 2.05) is 12.1 Å². The zero-order valence-electron chi connectivity index (χ0n) is 19.6. The lowest BCUT2D eigenvalue weighted by atomic mass is 10.0. The van der Waals surface area contributed by atoms with E-state index in [1.165, 1.54) is 37.8 Å². The monoisotopic (exact) mass is 450 g/mol. The van der Waals surface area contributed by atoms with Gasteiger partial charge in [0.2, 0.25) is 0 Å². The van der Waals surface area contributed by atoms with Gasteiger partial charge in [-0.25, -0.2) is 4.79 Å². The first kappa shape index (κ1) is 24.5. The normalized spacial score (nSPS) is 11.2. The van der Waals surface area contributed by atoms with Gasteiger partial charge in [-0.2, -0.15) is 0 Å². The number of pyridine rings is 1. The van der Waals surface area contributed by atoms with Crippen molar-refractivity contribution in [3.8, 4) is 5.75 Å². The van der Waals surface area contributed by atoms with Crippen molar-refractivity contribution in [1.29, 1.82) is 0 Å². The van der Waals surface area contributed by atoms with E-state index in [0.717, 1.165) is 31.8 Å². The lowest BCUT2D eigenvalue weighted by Crippen LogP contribution is -2.28. The minimum atomic E-state index is -1.02. The van der Waals surface area contributed by atoms with Crippen LogP contribution in [0, 0.1) is 0 Å². The van der Waals surface area contributed by atoms with Crippen molar-refractivity contribution in [1.82, 2.24) is 9.30 Å². The van der Waals surface area contributed by atoms with E-state index in [0.29, 0.717) is 23.3 Å². The minimum Gasteiger partial charge on any atom is -0.494 e. The second kappa shape index (κ2) is 12.2. The highest BCUT2D eigenvalue weighted by molar-refractivity contribution is 6.13. The number of hydrogen-bond acceptors (Lipinski definition) is 4. The summed E-state index contributed by atoms with van der Waals surface area (Å²) in [6, 6.07) is 11.9. The van der Waals surface area contributed by atoms with E-state index in [1.54, 1.807) is 35.0 Å². The van der Waals surface area contributed by atoms with Crippen LogP contribution in [0.2, 0.25) is 0 Å². The summed E-state index contributed by atoms with van der Waals surface area (Å²) in [5, 5.41) is 9.24. The molecule has 6 nitrogen and oxygen atoms in total. The molecule has 0 amide bonds. The summed E-state index contributed by atoms with van der Waals surface area (Å²) in [4.78, 5) is 26.8. The quantitative estimate of drug-likeness (QED) is 0.258. The van der Waals surface area contributed by atoms with Crippen LogP contribution in [0.4, 0.5) is 0 Å². The predicted molar refractivity (Wildman–Crippen MR) is 131 cm³/mol. The van der Waals surface area contributed by atoms with Gasteiger partial charge in [-0.3, -0.25) is 4.79 Å². The largest absolute Gasteiger partial charge is 0.494 e. The molecule has 2 heterocycles. The van der Waals surface area contributed by atoms with E-state index in [2.05, 4.69) is 18.7 Å². The van der Waals surface area contributed by atoms with Crippen molar-refractivity contribution in [3.63, 3.8) is 0 Å². The summed E-state index contributed by atoms with van der Waals surface area (Å²) in [7, 11) is 0. The van der Waals surface area contributed by atoms with Gasteiger partial charge in [-0.15, -0.1) is 0 Å². The lowest BCUT2D eigenvalue weighted by Gasteiger charge is -2.21. The molecule has 2 aromatic heterocycles. The Morgan fingerprint density at radius 2 is 1.52 bits per heavy atom. The Balaban J connectivity index is 1.57. The number of carbonyl (C=O) groups is 2. The molecule has 0 radical (unpaired) electrons. The van der Waals surface area contributed by atoms with Gasteiger partial charge in [0.15, 0.2) is 5.78 Å². The molecule has 33 heavy (non-hydrogen) atoms. The molecular weight excluding hydrogens is 416 g/mol. The van der Waals surface area contributed by atoms with Crippen LogP contribution in [0.1, 0.15) is 72.2 Å². The third kappa shape index (κ3) is 6.68. The van der Waals surface area contributed by atoms with Crippen molar-refractivity contribution in [2.75, 3.05) is 26.2 Å². The number of ketones is 1. The van der Waals surface area contributed by atoms with E-state index < -0.39 is 5.97 Å². The Morgan fingerprint density at radius 3 is 2.15 bits per heavy atom. The third-order valence-electron chi connectivity index (χ3n) is 5.81. The van der Waals surface area contributed by atoms with E-state index in [-0.39, 0.29) is 11.3 Å². The third-order valence-corrected chi connectivity index (χ3v) is 5.81. The fraction of sp³-hybridized carbons (Fsp3) is 0.407. The van der Waals surface area contributed by atoms with E-state index in [9.17, 15) is 14.7 Å². The van der Waals surface area contributed by atoms with Crippen molar-refractivity contribution >= 4 is 17.3 Å². The van der Waals surface area contributed by atoms with Crippen molar-refractivity contribution < 1.29 is 19.4 Å². The molecule has 0 aliphatic carbocycles. The summed E-state index contributed by atoms with van der Waals surface area (Å²) < 4.78 is 7.65. The molecule has 0 unspecified atom stereocenters. The second-order valence-corrected chi connectivity index (χ2v) is 8.35. The Morgan fingerprint density at radius 1 is 0.879 bits per heavy atom. The number of aromatic carboxylic acids is 1. The average Bonchev–Trinajstić information content (AvgIpc) is 3.26. The zero-order chi connectivity index (χ0) is 23.6. The first-order valence-corrected chi connectivity index (χ1v) is 11.9. The first-order chi connectivity index (χ1) is 16.0. The molecule has 3 rings (SSSR count). The maximum absolute atomic E-state index is 13.0. The van der Waals surface area contributed by atoms with E-state index in [4.69, 9.17) is 4.74 Å². The summed E-state index contributed by atoms with van der Waals surface area (Å²) in [5.74, 6) is -0.415. The zero-order valence-corrected chi connectivity index (χ0v) is 19.6. The molecule has 1 N–H and O–H groups in total. The van der Waals surface area contributed by atoms with Crippen LogP contribution in [0.15, 0.2) is 54.9 Å². The van der Waals surface area contributed by atoms with Gasteiger partial charge < -0.3 is 19.1 Å². The molecule has 176 valence electrons. The molecular formula is C27H34N2O4. The number of nitrogens with zero attached hydrogens (tertiary/aromatic N) is 2. The Hall–Kier alpha value is -3.12. The summed E-state index contributed by atoms with van der Waals surface area (Å²) in [6.07, 6.45) is 9.27. The van der Waals surface area contributed by atoms with Crippen molar-refractivity contribution in [2.24, 2.45) is 0 Å². The smallest absolute Gasteiger partial charge is 0.335 e. The molecule has 3 aromatic rings. The summed E-state index contributed by atoms with van der Waals surface area (Å²) >= 11 is 0. The van der Waals surface area contributed by atoms with Crippen molar-refractivity contribution in [2.45, 2.75) is 46.0 Å². The number of fused-ring (bicyclic) bond motifs is 1. The van der Waals surface area contributed by atoms with Gasteiger partial charge in [0.05, 0.1) is 17.7 Å². The number of benzene rings is 1. The number of carboxylic acid groups (broad SMARTS) is 1. The number of carbonyl (C=O) groups excluding carboxylic acids is 1. The molecule has 1 aromatic carbocycles. The molecule has 0 spiro atoms. The molecule has 0 saturated heterocycles. The number of rotatable bonds is 14. The maximum atomic E-state index is 13.0. The van der Waals surface area contributed by atoms with Crippen LogP contribution >= 0.6 is 0 Å². The summed E-state index contributed by atoms with van der Waals surface area (Å²) in [5.41, 5.74) is 1.75. The molecule has 0 aliphatic heterocycles. The molecule has 0 fully saturated rings. The highest BCUT2D eigenvalue weighted by atomic mass is 16.5. The van der Waals surface area contributed by atoms with Crippen LogP contribution in [0.5, 0.6) is 5.75 Å². The van der Waals surface area contributed by atoms with Gasteiger partial charge in [0, 0.05) is 30.1 Å². The molecule has 6 heteroatoms. The molecule has 0 aliphatic rings. The fourth-order valence-electron chi connectivity index (χ4n) is 3.86. The minimum absolute atomic E-state index is 0.144. The van der Waals surface area contributed by atoms with Gasteiger partial charge >= 0.3 is 5.97 Å². The number of carboxylic acids is 1. The number of hydrogen-bond donors (Lipinski definition) is 1. The highest BCUT2D eigenvalue weighted by Gasteiger charge is 2.15. The summed E-state index contributed by atoms with van der Waals surface area (Å²) in [6.45, 7) is 8.43. The standard InChI is InChI=1S/C27H34N2O4/c1-3-5-14-28(15-6-4-2)16-7-19-33-23-10-8-21(9-11-23)26(30)24-13-18-29-17-12-22(27(31)32)20-25(24)29/h8-13,17-18,20H,3-7,14-16,19H2,1-2H3,(H,31,32). The predicted octanol–water partition coefficient (Wildman–Crippen LogP) is 5.54. The Kier molecular flexibility index (Phi) is 9.07. The SMILES string of the molecule is CCCCN(CCCC)CCCOc1ccc(C(=O)c2ccn3ccc(C(=O)O)cc23)cc1. The van der Waals surface area contributed by atoms with E-state index >= 15 is 0 Å². The van der Waals surface area contributed by atoms with Crippen LogP contribution in [0.25, 0.3) is 5.52 Å². The highest BCUT2D eigenvalue weighted by Crippen LogP contribution is 2.21. The second-order valence-electron chi connectivity index (χ2n) is 8.35. The molecule has 0 bridgehead atoms. The van der Waals surface area contributed by atoms with Crippen LogP contribution < -0.4 is 4.74 Å². The number of ether oxygens (including phenoxy) is 1. The Bertz CT molecular complexity index is 1050. The number of aromatic nitrogens is 1. The van der Waals surface area contributed by atoms with Gasteiger partial charge in [0.1, 0.15) is 5.75 Å². The topological polar surface area (TPSA) is 71.2 Å². The van der Waals surface area contributed by atoms with Gasteiger partial charge in [-0.1, -0.05) is 26.7 Å². The van der Waals surface area contributed by atoms with Crippen LogP contribution in [-0.2, 0) is 0 Å². The number of unbranched alkanes of at least 4 members (excludes halogenated alkanes) is 2.